The number of ether oxygens (including phenoxy) is 2. The molecule has 2 heterocycles. The second-order valence-electron chi connectivity index (χ2n) is 6.14. The van der Waals surface area contributed by atoms with Crippen LogP contribution in [0.1, 0.15) is 6.42 Å². The monoisotopic (exact) mass is 430 g/mol. The molecule has 3 aromatic rings. The maximum atomic E-state index is 12.8. The van der Waals surface area contributed by atoms with Crippen LogP contribution in [0.2, 0.25) is 0 Å². The molecule has 0 aliphatic heterocycles. The van der Waals surface area contributed by atoms with Crippen molar-refractivity contribution in [1.29, 1.82) is 0 Å². The highest BCUT2D eigenvalue weighted by Crippen LogP contribution is 2.29. The van der Waals surface area contributed by atoms with Gasteiger partial charge in [-0.2, -0.15) is 4.98 Å². The minimum absolute atomic E-state index is 0.0540. The van der Waals surface area contributed by atoms with Gasteiger partial charge in [-0.1, -0.05) is 6.07 Å². The number of halogens is 3. The molecule has 0 unspecified atom stereocenters. The zero-order valence-electron chi connectivity index (χ0n) is 15.6. The van der Waals surface area contributed by atoms with Crippen LogP contribution in [0.5, 0.6) is 17.5 Å². The summed E-state index contributed by atoms with van der Waals surface area (Å²) < 4.78 is 49.4. The van der Waals surface area contributed by atoms with E-state index in [1.807, 2.05) is 0 Å². The molecule has 3 rings (SSSR count). The summed E-state index contributed by atoms with van der Waals surface area (Å²) in [6, 6.07) is 4.28. The van der Waals surface area contributed by atoms with Gasteiger partial charge in [0.25, 0.3) is 5.56 Å². The molecule has 0 saturated carbocycles. The van der Waals surface area contributed by atoms with Gasteiger partial charge in [0.05, 0.1) is 0 Å². The van der Waals surface area contributed by atoms with Crippen LogP contribution in [0.15, 0.2) is 33.9 Å². The number of aromatic nitrogens is 4. The SMILES string of the molecule is Cn1c(=O)n(CCCO)c(=O)c2c1nc(Oc1cccc(OC(F)(F)F)c1)n2CO. The predicted octanol–water partition coefficient (Wildman–Crippen LogP) is 0.920. The number of hydrogen-bond acceptors (Lipinski definition) is 7. The van der Waals surface area contributed by atoms with Crippen LogP contribution in [0, 0.1) is 0 Å². The second kappa shape index (κ2) is 8.20. The highest BCUT2D eigenvalue weighted by Gasteiger charge is 2.31. The number of imidazole rings is 1. The van der Waals surface area contributed by atoms with Crippen LogP contribution in [-0.2, 0) is 20.3 Å². The fraction of sp³-hybridized carbons (Fsp3) is 0.353. The number of rotatable bonds is 7. The Kier molecular flexibility index (Phi) is 5.85. The number of benzene rings is 1. The van der Waals surface area contributed by atoms with Crippen LogP contribution in [0.4, 0.5) is 13.2 Å². The third-order valence-corrected chi connectivity index (χ3v) is 4.13. The smallest absolute Gasteiger partial charge is 0.425 e. The van der Waals surface area contributed by atoms with Crippen molar-refractivity contribution in [3.05, 3.63) is 45.1 Å². The molecule has 0 radical (unpaired) electrons. The van der Waals surface area contributed by atoms with Crippen molar-refractivity contribution in [2.75, 3.05) is 6.61 Å². The minimum Gasteiger partial charge on any atom is -0.425 e. The van der Waals surface area contributed by atoms with Crippen LogP contribution in [0.25, 0.3) is 11.2 Å². The topological polar surface area (TPSA) is 121 Å². The Bertz CT molecular complexity index is 1180. The van der Waals surface area contributed by atoms with Gasteiger partial charge in [0.1, 0.15) is 18.2 Å². The number of nitrogens with zero attached hydrogens (tertiary/aromatic N) is 4. The van der Waals surface area contributed by atoms with E-state index in [1.54, 1.807) is 0 Å². The highest BCUT2D eigenvalue weighted by molar-refractivity contribution is 5.72. The Balaban J connectivity index is 2.09. The lowest BCUT2D eigenvalue weighted by Crippen LogP contribution is -2.39. The first kappa shape index (κ1) is 21.4. The maximum Gasteiger partial charge on any atom is 0.573 e. The molecule has 0 aliphatic rings. The van der Waals surface area contributed by atoms with E-state index in [4.69, 9.17) is 9.84 Å². The molecule has 2 aromatic heterocycles. The van der Waals surface area contributed by atoms with Crippen LogP contribution in [-0.4, -0.2) is 41.9 Å². The fourth-order valence-corrected chi connectivity index (χ4v) is 2.83. The van der Waals surface area contributed by atoms with Gasteiger partial charge in [0, 0.05) is 26.3 Å². The first-order valence-corrected chi connectivity index (χ1v) is 8.61. The first-order valence-electron chi connectivity index (χ1n) is 8.61. The van der Waals surface area contributed by atoms with Gasteiger partial charge in [-0.15, -0.1) is 13.2 Å². The molecule has 162 valence electrons. The summed E-state index contributed by atoms with van der Waals surface area (Å²) in [6.07, 6.45) is -4.74. The fourth-order valence-electron chi connectivity index (χ4n) is 2.83. The van der Waals surface area contributed by atoms with Crippen molar-refractivity contribution in [3.63, 3.8) is 0 Å². The van der Waals surface area contributed by atoms with Gasteiger partial charge < -0.3 is 19.7 Å². The van der Waals surface area contributed by atoms with Crippen molar-refractivity contribution in [2.45, 2.75) is 26.1 Å². The molecule has 0 amide bonds. The number of aliphatic hydroxyl groups excluding tert-OH is 2. The molecule has 10 nitrogen and oxygen atoms in total. The highest BCUT2D eigenvalue weighted by atomic mass is 19.4. The lowest BCUT2D eigenvalue weighted by Gasteiger charge is -2.11. The summed E-state index contributed by atoms with van der Waals surface area (Å²) in [5, 5.41) is 18.7. The van der Waals surface area contributed by atoms with Gasteiger partial charge in [-0.3, -0.25) is 18.5 Å². The number of alkyl halides is 3. The minimum atomic E-state index is -4.89. The summed E-state index contributed by atoms with van der Waals surface area (Å²) in [4.78, 5) is 29.2. The summed E-state index contributed by atoms with van der Waals surface area (Å²) in [7, 11) is 1.36. The predicted molar refractivity (Wildman–Crippen MR) is 96.4 cm³/mol. The largest absolute Gasteiger partial charge is 0.573 e. The standard InChI is InChI=1S/C17H17F3N4O6/c1-22-13-12(14(27)23(16(22)28)6-3-7-25)24(9-26)15(21-13)29-10-4-2-5-11(8-10)30-17(18,19)20/h2,4-5,8,25-26H,3,6-7,9H2,1H3. The summed E-state index contributed by atoms with van der Waals surface area (Å²) in [5.41, 5.74) is -1.67. The Labute approximate surface area is 165 Å². The van der Waals surface area contributed by atoms with Gasteiger partial charge in [0.15, 0.2) is 11.2 Å². The zero-order valence-corrected chi connectivity index (χ0v) is 15.6. The number of fused-ring (bicyclic) bond motifs is 1. The summed E-state index contributed by atoms with van der Waals surface area (Å²) in [5.74, 6) is -0.641. The zero-order chi connectivity index (χ0) is 22.1. The summed E-state index contributed by atoms with van der Waals surface area (Å²) >= 11 is 0. The van der Waals surface area contributed by atoms with Crippen molar-refractivity contribution in [1.82, 2.24) is 18.7 Å². The van der Waals surface area contributed by atoms with E-state index in [-0.39, 0.29) is 42.5 Å². The van der Waals surface area contributed by atoms with Crippen molar-refractivity contribution in [2.24, 2.45) is 7.05 Å². The molecule has 0 spiro atoms. The van der Waals surface area contributed by atoms with Crippen molar-refractivity contribution >= 4 is 11.2 Å². The molecule has 30 heavy (non-hydrogen) atoms. The molecule has 0 atom stereocenters. The Hall–Kier alpha value is -3.32. The van der Waals surface area contributed by atoms with E-state index in [9.17, 15) is 27.9 Å². The van der Waals surface area contributed by atoms with Gasteiger partial charge >= 0.3 is 18.1 Å². The van der Waals surface area contributed by atoms with E-state index in [2.05, 4.69) is 9.72 Å². The lowest BCUT2D eigenvalue weighted by atomic mass is 10.3. The molecule has 0 saturated heterocycles. The first-order chi connectivity index (χ1) is 14.2. The van der Waals surface area contributed by atoms with Crippen LogP contribution >= 0.6 is 0 Å². The van der Waals surface area contributed by atoms with Crippen LogP contribution in [0.3, 0.4) is 0 Å². The Morgan fingerprint density at radius 1 is 1.13 bits per heavy atom. The van der Waals surface area contributed by atoms with Gasteiger partial charge in [-0.25, -0.2) is 4.79 Å². The molecule has 1 aromatic carbocycles. The van der Waals surface area contributed by atoms with Gasteiger partial charge in [0.2, 0.25) is 0 Å². The Morgan fingerprint density at radius 2 is 1.83 bits per heavy atom. The summed E-state index contributed by atoms with van der Waals surface area (Å²) in [6.45, 7) is -1.04. The molecule has 2 N–H and O–H groups in total. The van der Waals surface area contributed by atoms with E-state index < -0.39 is 30.1 Å². The van der Waals surface area contributed by atoms with Gasteiger partial charge in [-0.05, 0) is 18.6 Å². The third kappa shape index (κ3) is 4.16. The Morgan fingerprint density at radius 3 is 2.47 bits per heavy atom. The molecular formula is C17H17F3N4O6. The van der Waals surface area contributed by atoms with E-state index >= 15 is 0 Å². The van der Waals surface area contributed by atoms with E-state index in [1.165, 1.54) is 19.2 Å². The van der Waals surface area contributed by atoms with E-state index in [0.717, 1.165) is 25.8 Å². The van der Waals surface area contributed by atoms with Crippen LogP contribution < -0.4 is 20.7 Å². The number of aryl methyl sites for hydroxylation is 1. The van der Waals surface area contributed by atoms with E-state index in [0.29, 0.717) is 0 Å². The molecule has 0 aliphatic carbocycles. The number of hydrogen-bond donors (Lipinski definition) is 2. The average Bonchev–Trinajstić information content (AvgIpc) is 3.03. The number of aliphatic hydroxyl groups is 2. The molecule has 13 heteroatoms. The van der Waals surface area contributed by atoms with Crippen molar-refractivity contribution in [3.8, 4) is 17.5 Å². The van der Waals surface area contributed by atoms with Crippen molar-refractivity contribution < 1.29 is 32.9 Å². The maximum absolute atomic E-state index is 12.8. The molecule has 0 fully saturated rings. The quantitative estimate of drug-likeness (QED) is 0.572. The second-order valence-corrected chi connectivity index (χ2v) is 6.14. The normalized spacial score (nSPS) is 11.8. The molecular weight excluding hydrogens is 413 g/mol. The average molecular weight is 430 g/mol. The lowest BCUT2D eigenvalue weighted by molar-refractivity contribution is -0.274. The molecule has 0 bridgehead atoms. The third-order valence-electron chi connectivity index (χ3n) is 4.13.